The summed E-state index contributed by atoms with van der Waals surface area (Å²) in [4.78, 5) is 46.7. The van der Waals surface area contributed by atoms with Crippen LogP contribution in [0.25, 0.3) is 0 Å². The van der Waals surface area contributed by atoms with Crippen molar-refractivity contribution in [3.8, 4) is 11.5 Å². The smallest absolute Gasteiger partial charge is 0.296 e. The highest BCUT2D eigenvalue weighted by atomic mass is 16.6. The van der Waals surface area contributed by atoms with Gasteiger partial charge >= 0.3 is 0 Å². The van der Waals surface area contributed by atoms with Gasteiger partial charge in [-0.15, -0.1) is 0 Å². The van der Waals surface area contributed by atoms with Gasteiger partial charge < -0.3 is 14.5 Å². The summed E-state index contributed by atoms with van der Waals surface area (Å²) in [6.45, 7) is 2.54. The van der Waals surface area contributed by atoms with Crippen LogP contribution in [0.4, 0.5) is 22.7 Å². The molecule has 0 atom stereocenters. The van der Waals surface area contributed by atoms with Crippen LogP contribution >= 0.6 is 0 Å². The van der Waals surface area contributed by atoms with Gasteiger partial charge in [0.25, 0.3) is 11.4 Å². The van der Waals surface area contributed by atoms with E-state index >= 15 is 0 Å². The molecule has 0 aliphatic heterocycles. The molecule has 11 heteroatoms. The number of nitrogens with zero attached hydrogens (tertiary/aromatic N) is 4. The van der Waals surface area contributed by atoms with E-state index in [1.807, 2.05) is 0 Å². The first-order valence-corrected chi connectivity index (χ1v) is 8.26. The van der Waals surface area contributed by atoms with Gasteiger partial charge in [0.05, 0.1) is 22.0 Å². The maximum atomic E-state index is 11.5. The van der Waals surface area contributed by atoms with Crippen molar-refractivity contribution >= 4 is 34.6 Å². The van der Waals surface area contributed by atoms with Crippen LogP contribution in [0, 0.1) is 20.2 Å². The molecule has 0 saturated heterocycles. The number of anilines is 2. The van der Waals surface area contributed by atoms with E-state index in [9.17, 15) is 29.8 Å². The number of nitro benzene ring substituents is 2. The van der Waals surface area contributed by atoms with Crippen molar-refractivity contribution in [3.05, 3.63) is 56.6 Å². The summed E-state index contributed by atoms with van der Waals surface area (Å²) >= 11 is 0. The number of carbonyl (C=O) groups is 2. The Morgan fingerprint density at radius 1 is 0.793 bits per heavy atom. The maximum Gasteiger partial charge on any atom is 0.296 e. The summed E-state index contributed by atoms with van der Waals surface area (Å²) in [5, 5.41) is 22.7. The van der Waals surface area contributed by atoms with Crippen molar-refractivity contribution in [3.63, 3.8) is 0 Å². The van der Waals surface area contributed by atoms with Crippen molar-refractivity contribution in [1.29, 1.82) is 0 Å². The second-order valence-corrected chi connectivity index (χ2v) is 6.07. The number of rotatable bonds is 6. The van der Waals surface area contributed by atoms with Gasteiger partial charge in [0.1, 0.15) is 22.9 Å². The molecule has 0 N–H and O–H groups in total. The zero-order chi connectivity index (χ0) is 21.9. The Bertz CT molecular complexity index is 926. The van der Waals surface area contributed by atoms with E-state index in [1.54, 1.807) is 0 Å². The van der Waals surface area contributed by atoms with E-state index in [1.165, 1.54) is 52.2 Å². The minimum atomic E-state index is -0.658. The van der Waals surface area contributed by atoms with Gasteiger partial charge in [-0.2, -0.15) is 0 Å². The van der Waals surface area contributed by atoms with E-state index in [2.05, 4.69) is 0 Å². The third-order valence-electron chi connectivity index (χ3n) is 4.19. The topological polar surface area (TPSA) is 136 Å². The minimum Gasteiger partial charge on any atom is -0.457 e. The van der Waals surface area contributed by atoms with Crippen molar-refractivity contribution < 1.29 is 24.2 Å². The Kier molecular flexibility index (Phi) is 6.12. The van der Waals surface area contributed by atoms with Crippen LogP contribution < -0.4 is 14.5 Å². The van der Waals surface area contributed by atoms with Gasteiger partial charge in [-0.1, -0.05) is 0 Å². The van der Waals surface area contributed by atoms with Crippen molar-refractivity contribution in [2.24, 2.45) is 0 Å². The normalized spacial score (nSPS) is 10.2. The van der Waals surface area contributed by atoms with Crippen LogP contribution in [0.5, 0.6) is 11.5 Å². The van der Waals surface area contributed by atoms with Crippen LogP contribution in [0.1, 0.15) is 13.8 Å². The zero-order valence-corrected chi connectivity index (χ0v) is 16.1. The molecule has 2 amide bonds. The van der Waals surface area contributed by atoms with E-state index in [-0.39, 0.29) is 46.1 Å². The summed E-state index contributed by atoms with van der Waals surface area (Å²) in [7, 11) is 2.80. The molecule has 0 aliphatic carbocycles. The molecule has 2 aromatic carbocycles. The molecular weight excluding hydrogens is 384 g/mol. The molecule has 0 aromatic heterocycles. The van der Waals surface area contributed by atoms with Gasteiger partial charge in [0, 0.05) is 27.9 Å². The van der Waals surface area contributed by atoms with E-state index in [0.717, 1.165) is 21.9 Å². The Morgan fingerprint density at radius 3 is 1.41 bits per heavy atom. The number of ether oxygens (including phenoxy) is 1. The predicted molar refractivity (Wildman–Crippen MR) is 104 cm³/mol. The van der Waals surface area contributed by atoms with Gasteiger partial charge in [-0.05, 0) is 24.3 Å². The third kappa shape index (κ3) is 4.64. The summed E-state index contributed by atoms with van der Waals surface area (Å²) in [5.74, 6) is -0.663. The fourth-order valence-electron chi connectivity index (χ4n) is 2.47. The minimum absolute atomic E-state index is 0.0550. The van der Waals surface area contributed by atoms with Gasteiger partial charge in [-0.25, -0.2) is 0 Å². The lowest BCUT2D eigenvalue weighted by Gasteiger charge is -2.17. The van der Waals surface area contributed by atoms with Crippen LogP contribution in [-0.2, 0) is 9.59 Å². The molecule has 0 unspecified atom stereocenters. The number of hydrogen-bond acceptors (Lipinski definition) is 7. The Labute approximate surface area is 165 Å². The number of hydrogen-bond donors (Lipinski definition) is 0. The number of carbonyl (C=O) groups excluding carboxylic acids is 2. The van der Waals surface area contributed by atoms with Crippen molar-refractivity contribution in [2.45, 2.75) is 13.8 Å². The maximum absolute atomic E-state index is 11.5. The summed E-state index contributed by atoms with van der Waals surface area (Å²) < 4.78 is 5.53. The zero-order valence-electron chi connectivity index (χ0n) is 16.1. The lowest BCUT2D eigenvalue weighted by molar-refractivity contribution is -0.384. The molecule has 29 heavy (non-hydrogen) atoms. The third-order valence-corrected chi connectivity index (χ3v) is 4.19. The average Bonchev–Trinajstić information content (AvgIpc) is 2.66. The molecule has 0 spiro atoms. The fourth-order valence-corrected chi connectivity index (χ4v) is 2.47. The predicted octanol–water partition coefficient (Wildman–Crippen LogP) is 3.26. The fraction of sp³-hybridized carbons (Fsp3) is 0.222. The largest absolute Gasteiger partial charge is 0.457 e. The van der Waals surface area contributed by atoms with E-state index in [0.29, 0.717) is 0 Å². The Morgan fingerprint density at radius 2 is 1.14 bits per heavy atom. The molecule has 0 fully saturated rings. The summed E-state index contributed by atoms with van der Waals surface area (Å²) in [6.07, 6.45) is 0. The van der Waals surface area contributed by atoms with E-state index in [4.69, 9.17) is 4.74 Å². The second kappa shape index (κ2) is 8.33. The monoisotopic (exact) mass is 402 g/mol. The first-order chi connectivity index (χ1) is 13.5. The average molecular weight is 402 g/mol. The second-order valence-electron chi connectivity index (χ2n) is 6.07. The molecule has 2 aromatic rings. The van der Waals surface area contributed by atoms with Gasteiger partial charge in [0.2, 0.25) is 11.8 Å². The molecule has 0 radical (unpaired) electrons. The van der Waals surface area contributed by atoms with Crippen molar-refractivity contribution in [1.82, 2.24) is 0 Å². The van der Waals surface area contributed by atoms with Gasteiger partial charge in [-0.3, -0.25) is 29.8 Å². The number of benzene rings is 2. The number of nitro groups is 2. The summed E-state index contributed by atoms with van der Waals surface area (Å²) in [5.41, 5.74) is -0.552. The number of amides is 2. The molecule has 152 valence electrons. The first kappa shape index (κ1) is 21.3. The van der Waals surface area contributed by atoms with Crippen molar-refractivity contribution in [2.75, 3.05) is 23.9 Å². The molecule has 2 rings (SSSR count). The Hall–Kier alpha value is -4.02. The summed E-state index contributed by atoms with van der Waals surface area (Å²) in [6, 6.07) is 7.75. The van der Waals surface area contributed by atoms with Gasteiger partial charge in [0.15, 0.2) is 0 Å². The lowest BCUT2D eigenvalue weighted by atomic mass is 10.2. The molecule has 0 aliphatic rings. The quantitative estimate of drug-likeness (QED) is 0.534. The standard InChI is InChI=1S/C18H18N4O7/c1-11(23)19(3)15-7-5-13(9-17(15)21(25)26)29-14-6-8-16(20(4)12(2)24)18(10-14)22(27)28/h5-10H,1-4H3. The van der Waals surface area contributed by atoms with Crippen LogP contribution in [0.15, 0.2) is 36.4 Å². The Balaban J connectivity index is 2.43. The van der Waals surface area contributed by atoms with Crippen LogP contribution in [-0.4, -0.2) is 35.8 Å². The SMILES string of the molecule is CC(=O)N(C)c1ccc(Oc2ccc(N(C)C(C)=O)c([N+](=O)[O-])c2)cc1[N+](=O)[O-]. The van der Waals surface area contributed by atoms with E-state index < -0.39 is 9.85 Å². The highest BCUT2D eigenvalue weighted by molar-refractivity contribution is 5.94. The van der Waals surface area contributed by atoms with Crippen LogP contribution in [0.2, 0.25) is 0 Å². The van der Waals surface area contributed by atoms with Crippen LogP contribution in [0.3, 0.4) is 0 Å². The highest BCUT2D eigenvalue weighted by Crippen LogP contribution is 2.36. The highest BCUT2D eigenvalue weighted by Gasteiger charge is 2.23. The molecule has 0 saturated carbocycles. The molecule has 0 heterocycles. The molecule has 0 bridgehead atoms. The molecule has 11 nitrogen and oxygen atoms in total. The first-order valence-electron chi connectivity index (χ1n) is 8.26. The lowest BCUT2D eigenvalue weighted by Crippen LogP contribution is -2.23. The molecular formula is C18H18N4O7.